The highest BCUT2D eigenvalue weighted by Gasteiger charge is 2.28. The molecule has 2 aromatic carbocycles. The number of hydrogen-bond donors (Lipinski definition) is 0. The van der Waals surface area contributed by atoms with Crippen molar-refractivity contribution in [3.63, 3.8) is 0 Å². The molecule has 0 N–H and O–H groups in total. The van der Waals surface area contributed by atoms with Crippen molar-refractivity contribution in [2.75, 3.05) is 13.2 Å². The summed E-state index contributed by atoms with van der Waals surface area (Å²) < 4.78 is 71.4. The molecule has 0 radical (unpaired) electrons. The number of rotatable bonds is 8. The maximum atomic E-state index is 15.0. The average Bonchev–Trinajstić information content (AvgIpc) is 2.88. The summed E-state index contributed by atoms with van der Waals surface area (Å²) in [4.78, 5) is 0. The fraction of sp³-hybridized carbons (Fsp3) is 0.517. The Kier molecular flexibility index (Phi) is 8.66. The molecule has 4 atom stereocenters. The predicted molar refractivity (Wildman–Crippen MR) is 129 cm³/mol. The lowest BCUT2D eigenvalue weighted by Gasteiger charge is -2.29. The van der Waals surface area contributed by atoms with Crippen LogP contribution in [0.2, 0.25) is 0 Å². The number of ether oxygens (including phenoxy) is 2. The summed E-state index contributed by atoms with van der Waals surface area (Å²) in [6.45, 7) is 6.72. The molecule has 0 aromatic heterocycles. The van der Waals surface area contributed by atoms with Crippen LogP contribution in [-0.2, 0) is 15.9 Å². The van der Waals surface area contributed by atoms with Gasteiger partial charge in [-0.1, -0.05) is 43.7 Å². The van der Waals surface area contributed by atoms with E-state index in [0.717, 1.165) is 32.1 Å². The SMILES string of the molecule is C=CC1CCC(CCc2ccc(-c3ccc(C4CCC(CCC)OC4)c(F)c3F)c(F)c2F)CO1. The minimum atomic E-state index is -1.15. The third-order valence-electron chi connectivity index (χ3n) is 7.48. The van der Waals surface area contributed by atoms with Crippen LogP contribution in [0.1, 0.15) is 68.9 Å². The molecule has 2 aromatic rings. The van der Waals surface area contributed by atoms with Gasteiger partial charge in [0, 0.05) is 17.0 Å². The van der Waals surface area contributed by atoms with Crippen molar-refractivity contribution in [3.8, 4) is 11.1 Å². The van der Waals surface area contributed by atoms with Crippen LogP contribution < -0.4 is 0 Å². The molecule has 0 bridgehead atoms. The number of halogens is 4. The Morgan fingerprint density at radius 3 is 2.20 bits per heavy atom. The summed E-state index contributed by atoms with van der Waals surface area (Å²) in [6.07, 6.45) is 8.31. The molecule has 6 heteroatoms. The van der Waals surface area contributed by atoms with E-state index in [4.69, 9.17) is 9.47 Å². The van der Waals surface area contributed by atoms with Crippen molar-refractivity contribution < 1.29 is 27.0 Å². The van der Waals surface area contributed by atoms with Crippen LogP contribution in [0, 0.1) is 29.2 Å². The molecule has 0 spiro atoms. The summed E-state index contributed by atoms with van der Waals surface area (Å²) in [5.74, 6) is -4.29. The summed E-state index contributed by atoms with van der Waals surface area (Å²) in [5.41, 5.74) is -0.0828. The standard InChI is InChI=1S/C29H34F4O2/c1-3-5-22-12-9-20(17-35-22)23-14-15-25(29(33)27(23)31)24-13-10-19(26(30)28(24)32)8-6-18-7-11-21(4-2)34-16-18/h4,10,13-15,18,20-22H,2-3,5-9,11-12,16-17H2,1H3. The van der Waals surface area contributed by atoms with Gasteiger partial charge in [-0.15, -0.1) is 6.58 Å². The third kappa shape index (κ3) is 5.80. The molecular weight excluding hydrogens is 456 g/mol. The number of hydrogen-bond acceptors (Lipinski definition) is 2. The summed E-state index contributed by atoms with van der Waals surface area (Å²) in [5, 5.41) is 0. The van der Waals surface area contributed by atoms with Gasteiger partial charge in [-0.2, -0.15) is 0 Å². The van der Waals surface area contributed by atoms with Crippen LogP contribution in [0.25, 0.3) is 11.1 Å². The summed E-state index contributed by atoms with van der Waals surface area (Å²) in [6, 6.07) is 5.64. The molecule has 2 saturated heterocycles. The van der Waals surface area contributed by atoms with E-state index in [1.165, 1.54) is 24.3 Å². The Bertz CT molecular complexity index is 1020. The summed E-state index contributed by atoms with van der Waals surface area (Å²) in [7, 11) is 0. The zero-order valence-corrected chi connectivity index (χ0v) is 20.3. The van der Waals surface area contributed by atoms with E-state index in [1.807, 2.05) is 0 Å². The molecule has 4 rings (SSSR count). The van der Waals surface area contributed by atoms with E-state index in [2.05, 4.69) is 13.5 Å². The monoisotopic (exact) mass is 490 g/mol. The van der Waals surface area contributed by atoms with Crippen molar-refractivity contribution >= 4 is 0 Å². The van der Waals surface area contributed by atoms with Crippen LogP contribution in [0.3, 0.4) is 0 Å². The van der Waals surface area contributed by atoms with Crippen molar-refractivity contribution in [2.24, 2.45) is 5.92 Å². The second-order valence-electron chi connectivity index (χ2n) is 9.84. The molecule has 2 aliphatic rings. The molecule has 0 amide bonds. The van der Waals surface area contributed by atoms with Gasteiger partial charge in [-0.25, -0.2) is 17.6 Å². The average molecular weight is 491 g/mol. The fourth-order valence-corrected chi connectivity index (χ4v) is 5.28. The molecule has 2 heterocycles. The maximum absolute atomic E-state index is 15.0. The Morgan fingerprint density at radius 2 is 1.57 bits per heavy atom. The van der Waals surface area contributed by atoms with Crippen molar-refractivity contribution in [1.82, 2.24) is 0 Å². The minimum Gasteiger partial charge on any atom is -0.378 e. The molecule has 2 nitrogen and oxygen atoms in total. The quantitative estimate of drug-likeness (QED) is 0.277. The molecule has 35 heavy (non-hydrogen) atoms. The first-order chi connectivity index (χ1) is 16.9. The molecule has 0 aliphatic carbocycles. The Balaban J connectivity index is 1.46. The first-order valence-electron chi connectivity index (χ1n) is 12.7. The van der Waals surface area contributed by atoms with Crippen LogP contribution in [0.5, 0.6) is 0 Å². The molecule has 4 unspecified atom stereocenters. The second-order valence-corrected chi connectivity index (χ2v) is 9.84. The smallest absolute Gasteiger partial charge is 0.167 e. The Labute approximate surface area is 205 Å². The lowest BCUT2D eigenvalue weighted by Crippen LogP contribution is -2.25. The molecule has 2 fully saturated rings. The Hall–Kier alpha value is -2.18. The van der Waals surface area contributed by atoms with Gasteiger partial charge in [0.05, 0.1) is 25.4 Å². The largest absolute Gasteiger partial charge is 0.378 e. The molecule has 2 aliphatic heterocycles. The van der Waals surface area contributed by atoms with E-state index in [0.29, 0.717) is 32.5 Å². The zero-order valence-electron chi connectivity index (χ0n) is 20.3. The minimum absolute atomic E-state index is 0.0602. The van der Waals surface area contributed by atoms with Gasteiger partial charge in [-0.05, 0) is 62.0 Å². The lowest BCUT2D eigenvalue weighted by molar-refractivity contribution is -0.00181. The maximum Gasteiger partial charge on any atom is 0.167 e. The van der Waals surface area contributed by atoms with Crippen molar-refractivity contribution in [2.45, 2.75) is 76.4 Å². The van der Waals surface area contributed by atoms with E-state index >= 15 is 8.78 Å². The third-order valence-corrected chi connectivity index (χ3v) is 7.48. The van der Waals surface area contributed by atoms with Crippen LogP contribution >= 0.6 is 0 Å². The van der Waals surface area contributed by atoms with E-state index in [1.54, 1.807) is 6.08 Å². The Morgan fingerprint density at radius 1 is 0.829 bits per heavy atom. The first kappa shape index (κ1) is 25.9. The highest BCUT2D eigenvalue weighted by atomic mass is 19.2. The van der Waals surface area contributed by atoms with Crippen LogP contribution in [0.15, 0.2) is 36.9 Å². The highest BCUT2D eigenvalue weighted by Crippen LogP contribution is 2.36. The zero-order chi connectivity index (χ0) is 24.9. The number of benzene rings is 2. The summed E-state index contributed by atoms with van der Waals surface area (Å²) >= 11 is 0. The van der Waals surface area contributed by atoms with Gasteiger partial charge >= 0.3 is 0 Å². The second kappa shape index (κ2) is 11.7. The van der Waals surface area contributed by atoms with E-state index in [9.17, 15) is 8.78 Å². The highest BCUT2D eigenvalue weighted by molar-refractivity contribution is 5.66. The first-order valence-corrected chi connectivity index (χ1v) is 12.7. The van der Waals surface area contributed by atoms with Gasteiger partial charge in [0.25, 0.3) is 0 Å². The lowest BCUT2D eigenvalue weighted by atomic mass is 9.88. The molecule has 0 saturated carbocycles. The topological polar surface area (TPSA) is 18.5 Å². The van der Waals surface area contributed by atoms with Crippen molar-refractivity contribution in [1.29, 1.82) is 0 Å². The predicted octanol–water partition coefficient (Wildman–Crippen LogP) is 7.89. The normalized spacial score (nSPS) is 24.9. The number of aryl methyl sites for hydroxylation is 1. The van der Waals surface area contributed by atoms with Gasteiger partial charge < -0.3 is 9.47 Å². The fourth-order valence-electron chi connectivity index (χ4n) is 5.28. The van der Waals surface area contributed by atoms with E-state index in [-0.39, 0.29) is 46.3 Å². The van der Waals surface area contributed by atoms with Crippen molar-refractivity contribution in [3.05, 3.63) is 71.3 Å². The van der Waals surface area contributed by atoms with Crippen LogP contribution in [0.4, 0.5) is 17.6 Å². The van der Waals surface area contributed by atoms with E-state index < -0.39 is 23.3 Å². The van der Waals surface area contributed by atoms with Gasteiger partial charge in [0.1, 0.15) is 0 Å². The molecule has 190 valence electrons. The van der Waals surface area contributed by atoms with Crippen LogP contribution in [-0.4, -0.2) is 25.4 Å². The van der Waals surface area contributed by atoms with Gasteiger partial charge in [0.2, 0.25) is 0 Å². The molecular formula is C29H34F4O2. The van der Waals surface area contributed by atoms with Gasteiger partial charge in [0.15, 0.2) is 23.3 Å². The van der Waals surface area contributed by atoms with Gasteiger partial charge in [-0.3, -0.25) is 0 Å².